The van der Waals surface area contributed by atoms with Crippen LogP contribution in [-0.4, -0.2) is 54.1 Å². The quantitative estimate of drug-likeness (QED) is 0.879. The number of aryl methyl sites for hydroxylation is 1. The van der Waals surface area contributed by atoms with Gasteiger partial charge in [0.25, 0.3) is 0 Å². The summed E-state index contributed by atoms with van der Waals surface area (Å²) in [6.45, 7) is 11.6. The molecule has 0 aromatic carbocycles. The van der Waals surface area contributed by atoms with Gasteiger partial charge in [0.05, 0.1) is 0 Å². The monoisotopic (exact) mass is 263 g/mol. The zero-order valence-corrected chi connectivity index (χ0v) is 12.5. The van der Waals surface area contributed by atoms with E-state index in [1.807, 2.05) is 13.2 Å². The highest BCUT2D eigenvalue weighted by Gasteiger charge is 2.20. The number of anilines is 1. The summed E-state index contributed by atoms with van der Waals surface area (Å²) in [6.07, 6.45) is 1.95. The minimum atomic E-state index is 0.628. The van der Waals surface area contributed by atoms with Gasteiger partial charge >= 0.3 is 0 Å². The molecule has 19 heavy (non-hydrogen) atoms. The van der Waals surface area contributed by atoms with Crippen LogP contribution in [0.1, 0.15) is 25.1 Å². The van der Waals surface area contributed by atoms with E-state index in [-0.39, 0.29) is 0 Å². The van der Waals surface area contributed by atoms with Crippen molar-refractivity contribution in [2.45, 2.75) is 33.4 Å². The van der Waals surface area contributed by atoms with Crippen molar-refractivity contribution >= 4 is 5.95 Å². The molecule has 1 aliphatic heterocycles. The highest BCUT2D eigenvalue weighted by Crippen LogP contribution is 2.14. The summed E-state index contributed by atoms with van der Waals surface area (Å²) in [7, 11) is 1.94. The highest BCUT2D eigenvalue weighted by molar-refractivity contribution is 5.33. The number of aromatic nitrogens is 2. The molecule has 0 aliphatic carbocycles. The fourth-order valence-electron chi connectivity index (χ4n) is 2.43. The average Bonchev–Trinajstić information content (AvgIpc) is 2.41. The molecular weight excluding hydrogens is 238 g/mol. The van der Waals surface area contributed by atoms with Gasteiger partial charge in [0, 0.05) is 56.2 Å². The Morgan fingerprint density at radius 2 is 1.95 bits per heavy atom. The lowest BCUT2D eigenvalue weighted by Gasteiger charge is -2.37. The maximum Gasteiger partial charge on any atom is 0.225 e. The van der Waals surface area contributed by atoms with E-state index in [1.165, 1.54) is 5.56 Å². The third-order valence-corrected chi connectivity index (χ3v) is 3.76. The Labute approximate surface area is 116 Å². The van der Waals surface area contributed by atoms with Gasteiger partial charge in [-0.3, -0.25) is 4.90 Å². The lowest BCUT2D eigenvalue weighted by Crippen LogP contribution is -2.49. The van der Waals surface area contributed by atoms with Crippen molar-refractivity contribution in [3.8, 4) is 0 Å². The summed E-state index contributed by atoms with van der Waals surface area (Å²) < 4.78 is 0. The van der Waals surface area contributed by atoms with E-state index < -0.39 is 0 Å². The van der Waals surface area contributed by atoms with Crippen molar-refractivity contribution in [3.63, 3.8) is 0 Å². The molecule has 106 valence electrons. The van der Waals surface area contributed by atoms with Crippen molar-refractivity contribution < 1.29 is 0 Å². The summed E-state index contributed by atoms with van der Waals surface area (Å²) in [6, 6.07) is 0.628. The molecule has 1 fully saturated rings. The van der Waals surface area contributed by atoms with Crippen LogP contribution in [0.25, 0.3) is 0 Å². The SMILES string of the molecule is CNCc1cnc(N2CCN(C(C)C)CC2)nc1C. The van der Waals surface area contributed by atoms with E-state index in [0.29, 0.717) is 6.04 Å². The Morgan fingerprint density at radius 1 is 1.26 bits per heavy atom. The summed E-state index contributed by atoms with van der Waals surface area (Å²) in [5.74, 6) is 0.876. The number of hydrogen-bond acceptors (Lipinski definition) is 5. The summed E-state index contributed by atoms with van der Waals surface area (Å²) in [5, 5.41) is 3.14. The van der Waals surface area contributed by atoms with Crippen LogP contribution in [0.4, 0.5) is 5.95 Å². The number of hydrogen-bond donors (Lipinski definition) is 1. The molecule has 1 N–H and O–H groups in total. The van der Waals surface area contributed by atoms with Crippen molar-refractivity contribution in [3.05, 3.63) is 17.5 Å². The van der Waals surface area contributed by atoms with Crippen LogP contribution < -0.4 is 10.2 Å². The lowest BCUT2D eigenvalue weighted by atomic mass is 10.2. The molecule has 0 bridgehead atoms. The smallest absolute Gasteiger partial charge is 0.225 e. The van der Waals surface area contributed by atoms with Crippen LogP contribution in [0.15, 0.2) is 6.20 Å². The molecule has 0 radical (unpaired) electrons. The zero-order chi connectivity index (χ0) is 13.8. The van der Waals surface area contributed by atoms with Gasteiger partial charge in [-0.25, -0.2) is 9.97 Å². The molecule has 0 amide bonds. The van der Waals surface area contributed by atoms with Gasteiger partial charge in [-0.15, -0.1) is 0 Å². The topological polar surface area (TPSA) is 44.3 Å². The van der Waals surface area contributed by atoms with Crippen molar-refractivity contribution in [1.29, 1.82) is 0 Å². The number of piperazine rings is 1. The first kappa shape index (κ1) is 14.2. The molecule has 1 saturated heterocycles. The van der Waals surface area contributed by atoms with Gasteiger partial charge in [0.15, 0.2) is 0 Å². The summed E-state index contributed by atoms with van der Waals surface area (Å²) >= 11 is 0. The zero-order valence-electron chi connectivity index (χ0n) is 12.5. The standard InChI is InChI=1S/C14H25N5/c1-11(2)18-5-7-19(8-6-18)14-16-10-13(9-15-4)12(3)17-14/h10-11,15H,5-9H2,1-4H3. The largest absolute Gasteiger partial charge is 0.338 e. The molecule has 1 aromatic heterocycles. The second-order valence-corrected chi connectivity index (χ2v) is 5.43. The Kier molecular flexibility index (Phi) is 4.71. The molecule has 0 spiro atoms. The van der Waals surface area contributed by atoms with E-state index in [9.17, 15) is 0 Å². The predicted molar refractivity (Wildman–Crippen MR) is 78.5 cm³/mol. The molecule has 1 aliphatic rings. The molecule has 0 unspecified atom stereocenters. The van der Waals surface area contributed by atoms with Crippen LogP contribution in [-0.2, 0) is 6.54 Å². The third kappa shape index (κ3) is 3.42. The second-order valence-electron chi connectivity index (χ2n) is 5.43. The number of nitrogens with zero attached hydrogens (tertiary/aromatic N) is 4. The van der Waals surface area contributed by atoms with Crippen LogP contribution in [0, 0.1) is 6.92 Å². The Balaban J connectivity index is 2.01. The molecule has 0 saturated carbocycles. The summed E-state index contributed by atoms with van der Waals surface area (Å²) in [4.78, 5) is 13.9. The van der Waals surface area contributed by atoms with Gasteiger partial charge in [-0.05, 0) is 27.8 Å². The van der Waals surface area contributed by atoms with E-state index in [2.05, 4.69) is 45.9 Å². The first-order valence-electron chi connectivity index (χ1n) is 7.08. The van der Waals surface area contributed by atoms with Crippen LogP contribution in [0.5, 0.6) is 0 Å². The molecular formula is C14H25N5. The molecule has 1 aromatic rings. The first-order valence-corrected chi connectivity index (χ1v) is 7.08. The highest BCUT2D eigenvalue weighted by atomic mass is 15.3. The van der Waals surface area contributed by atoms with Gasteiger partial charge in [0.2, 0.25) is 5.95 Å². The van der Waals surface area contributed by atoms with E-state index in [4.69, 9.17) is 0 Å². The maximum atomic E-state index is 4.64. The second kappa shape index (κ2) is 6.30. The van der Waals surface area contributed by atoms with Crippen molar-refractivity contribution in [2.24, 2.45) is 0 Å². The first-order chi connectivity index (χ1) is 9.11. The molecule has 5 heteroatoms. The fourth-order valence-corrected chi connectivity index (χ4v) is 2.43. The van der Waals surface area contributed by atoms with Crippen LogP contribution in [0.3, 0.4) is 0 Å². The van der Waals surface area contributed by atoms with Crippen LogP contribution in [0.2, 0.25) is 0 Å². The number of rotatable bonds is 4. The van der Waals surface area contributed by atoms with Gasteiger partial charge in [0.1, 0.15) is 0 Å². The Bertz CT molecular complexity index is 410. The number of nitrogens with one attached hydrogen (secondary N) is 1. The molecule has 2 rings (SSSR count). The molecule has 5 nitrogen and oxygen atoms in total. The predicted octanol–water partition coefficient (Wildman–Crippen LogP) is 1.03. The van der Waals surface area contributed by atoms with Crippen molar-refractivity contribution in [2.75, 3.05) is 38.1 Å². The van der Waals surface area contributed by atoms with E-state index >= 15 is 0 Å². The fraction of sp³-hybridized carbons (Fsp3) is 0.714. The van der Waals surface area contributed by atoms with E-state index in [1.54, 1.807) is 0 Å². The normalized spacial score (nSPS) is 17.2. The minimum Gasteiger partial charge on any atom is -0.338 e. The molecule has 2 heterocycles. The van der Waals surface area contributed by atoms with Crippen LogP contribution >= 0.6 is 0 Å². The Hall–Kier alpha value is -1.20. The Morgan fingerprint density at radius 3 is 2.47 bits per heavy atom. The maximum absolute atomic E-state index is 4.64. The average molecular weight is 263 g/mol. The minimum absolute atomic E-state index is 0.628. The summed E-state index contributed by atoms with van der Waals surface area (Å²) in [5.41, 5.74) is 2.25. The van der Waals surface area contributed by atoms with E-state index in [0.717, 1.165) is 44.4 Å². The third-order valence-electron chi connectivity index (χ3n) is 3.76. The lowest BCUT2D eigenvalue weighted by molar-refractivity contribution is 0.208. The van der Waals surface area contributed by atoms with Gasteiger partial charge < -0.3 is 10.2 Å². The van der Waals surface area contributed by atoms with Gasteiger partial charge in [-0.2, -0.15) is 0 Å². The van der Waals surface area contributed by atoms with Crippen molar-refractivity contribution in [1.82, 2.24) is 20.2 Å². The molecule has 0 atom stereocenters. The van der Waals surface area contributed by atoms with Gasteiger partial charge in [-0.1, -0.05) is 0 Å².